The molecule has 1 fully saturated rings. The maximum atomic E-state index is 10.5. The van der Waals surface area contributed by atoms with Crippen LogP contribution in [0.25, 0.3) is 0 Å². The van der Waals surface area contributed by atoms with Gasteiger partial charge in [0.2, 0.25) is 0 Å². The zero-order chi connectivity index (χ0) is 16.1. The van der Waals surface area contributed by atoms with E-state index < -0.39 is 11.5 Å². The van der Waals surface area contributed by atoms with Gasteiger partial charge >= 0.3 is 0 Å². The van der Waals surface area contributed by atoms with Crippen LogP contribution in [0.3, 0.4) is 0 Å². The number of piperidine rings is 1. The predicted molar refractivity (Wildman–Crippen MR) is 87.6 cm³/mol. The van der Waals surface area contributed by atoms with Crippen molar-refractivity contribution in [3.8, 4) is 0 Å². The molecule has 2 N–H and O–H groups in total. The minimum Gasteiger partial charge on any atom is -0.396 e. The first-order chi connectivity index (χ1) is 11.2. The van der Waals surface area contributed by atoms with Crippen LogP contribution < -0.4 is 0 Å². The fourth-order valence-corrected chi connectivity index (χ4v) is 3.37. The minimum atomic E-state index is -0.533. The first kappa shape index (κ1) is 16.1. The Balaban J connectivity index is 1.75. The first-order valence-electron chi connectivity index (χ1n) is 8.03. The molecule has 2 heterocycles. The maximum absolute atomic E-state index is 10.5. The molecular weight excluding hydrogens is 290 g/mol. The number of aliphatic hydroxyl groups is 2. The molecule has 0 unspecified atom stereocenters. The lowest BCUT2D eigenvalue weighted by Crippen LogP contribution is -2.54. The molecule has 0 saturated carbocycles. The summed E-state index contributed by atoms with van der Waals surface area (Å²) in [6.45, 7) is 2.03. The Morgan fingerprint density at radius 1 is 1.13 bits per heavy atom. The third-order valence-electron chi connectivity index (χ3n) is 4.66. The van der Waals surface area contributed by atoms with Crippen molar-refractivity contribution in [2.24, 2.45) is 5.41 Å². The van der Waals surface area contributed by atoms with Crippen LogP contribution in [0.2, 0.25) is 0 Å². The van der Waals surface area contributed by atoms with Gasteiger partial charge in [-0.15, -0.1) is 0 Å². The molecule has 5 heteroatoms. The molecule has 2 aromatic rings. The van der Waals surface area contributed by atoms with E-state index in [4.69, 9.17) is 0 Å². The van der Waals surface area contributed by atoms with Crippen molar-refractivity contribution >= 4 is 0 Å². The zero-order valence-corrected chi connectivity index (χ0v) is 13.2. The van der Waals surface area contributed by atoms with E-state index in [1.807, 2.05) is 30.3 Å². The quantitative estimate of drug-likeness (QED) is 0.870. The smallest absolute Gasteiger partial charge is 0.142 e. The number of rotatable bonds is 5. The molecule has 5 nitrogen and oxygen atoms in total. The Bertz CT molecular complexity index is 608. The highest BCUT2D eigenvalue weighted by molar-refractivity contribution is 5.18. The second kappa shape index (κ2) is 7.17. The van der Waals surface area contributed by atoms with Gasteiger partial charge in [-0.05, 0) is 24.5 Å². The van der Waals surface area contributed by atoms with Crippen molar-refractivity contribution in [3.05, 3.63) is 60.2 Å². The van der Waals surface area contributed by atoms with E-state index in [0.29, 0.717) is 25.9 Å². The SMILES string of the molecule is OC[C@]1(Cc2ccccc2)CN(Cc2ncccn2)CC[C@H]1O. The van der Waals surface area contributed by atoms with Crippen LogP contribution in [0, 0.1) is 5.41 Å². The van der Waals surface area contributed by atoms with Crippen molar-refractivity contribution in [3.63, 3.8) is 0 Å². The minimum absolute atomic E-state index is 0.0325. The topological polar surface area (TPSA) is 69.5 Å². The fourth-order valence-electron chi connectivity index (χ4n) is 3.37. The molecule has 1 aliphatic rings. The van der Waals surface area contributed by atoms with Gasteiger partial charge in [0.05, 0.1) is 19.3 Å². The molecule has 0 spiro atoms. The summed E-state index contributed by atoms with van der Waals surface area (Å²) >= 11 is 0. The average Bonchev–Trinajstić information content (AvgIpc) is 2.60. The summed E-state index contributed by atoms with van der Waals surface area (Å²) < 4.78 is 0. The highest BCUT2D eigenvalue weighted by atomic mass is 16.3. The molecule has 0 aliphatic carbocycles. The molecule has 3 rings (SSSR count). The van der Waals surface area contributed by atoms with E-state index in [-0.39, 0.29) is 6.61 Å². The fraction of sp³-hybridized carbons (Fsp3) is 0.444. The van der Waals surface area contributed by atoms with Gasteiger partial charge in [-0.25, -0.2) is 9.97 Å². The molecule has 23 heavy (non-hydrogen) atoms. The lowest BCUT2D eigenvalue weighted by molar-refractivity contribution is -0.0773. The van der Waals surface area contributed by atoms with Crippen LogP contribution >= 0.6 is 0 Å². The maximum Gasteiger partial charge on any atom is 0.142 e. The Labute approximate surface area is 136 Å². The highest BCUT2D eigenvalue weighted by Gasteiger charge is 2.42. The van der Waals surface area contributed by atoms with Gasteiger partial charge in [0.25, 0.3) is 0 Å². The van der Waals surface area contributed by atoms with E-state index in [1.54, 1.807) is 18.5 Å². The number of aromatic nitrogens is 2. The summed E-state index contributed by atoms with van der Waals surface area (Å²) in [5, 5.41) is 20.6. The highest BCUT2D eigenvalue weighted by Crippen LogP contribution is 2.34. The van der Waals surface area contributed by atoms with Crippen molar-refractivity contribution in [2.45, 2.75) is 25.5 Å². The van der Waals surface area contributed by atoms with Gasteiger partial charge in [0.15, 0.2) is 0 Å². The van der Waals surface area contributed by atoms with E-state index in [2.05, 4.69) is 14.9 Å². The van der Waals surface area contributed by atoms with Crippen molar-refractivity contribution in [2.75, 3.05) is 19.7 Å². The van der Waals surface area contributed by atoms with Crippen LogP contribution in [0.5, 0.6) is 0 Å². The number of nitrogens with zero attached hydrogens (tertiary/aromatic N) is 3. The van der Waals surface area contributed by atoms with Crippen molar-refractivity contribution in [1.82, 2.24) is 14.9 Å². The summed E-state index contributed by atoms with van der Waals surface area (Å²) in [5.74, 6) is 0.774. The van der Waals surface area contributed by atoms with Crippen LogP contribution in [0.1, 0.15) is 17.8 Å². The Kier molecular flexibility index (Phi) is 5.00. The van der Waals surface area contributed by atoms with Crippen molar-refractivity contribution in [1.29, 1.82) is 0 Å². The molecule has 0 amide bonds. The van der Waals surface area contributed by atoms with Gasteiger partial charge in [-0.2, -0.15) is 0 Å². The molecule has 0 bridgehead atoms. The van der Waals surface area contributed by atoms with Crippen molar-refractivity contribution < 1.29 is 10.2 Å². The van der Waals surface area contributed by atoms with E-state index in [9.17, 15) is 10.2 Å². The molecule has 2 atom stereocenters. The van der Waals surface area contributed by atoms with Crippen LogP contribution in [0.15, 0.2) is 48.8 Å². The normalized spacial score (nSPS) is 25.4. The number of likely N-dealkylation sites (tertiary alicyclic amines) is 1. The zero-order valence-electron chi connectivity index (χ0n) is 13.2. The molecule has 0 radical (unpaired) electrons. The third-order valence-corrected chi connectivity index (χ3v) is 4.66. The van der Waals surface area contributed by atoms with E-state index in [1.165, 1.54) is 0 Å². The molecular formula is C18H23N3O2. The molecule has 1 aliphatic heterocycles. The first-order valence-corrected chi connectivity index (χ1v) is 8.03. The second-order valence-corrected chi connectivity index (χ2v) is 6.36. The summed E-state index contributed by atoms with van der Waals surface area (Å²) in [4.78, 5) is 10.8. The lowest BCUT2D eigenvalue weighted by atomic mass is 9.73. The van der Waals surface area contributed by atoms with E-state index >= 15 is 0 Å². The van der Waals surface area contributed by atoms with Gasteiger partial charge in [-0.3, -0.25) is 4.90 Å². The average molecular weight is 313 g/mol. The number of hydrogen-bond acceptors (Lipinski definition) is 5. The van der Waals surface area contributed by atoms with Gasteiger partial charge in [0, 0.05) is 30.9 Å². The van der Waals surface area contributed by atoms with Crippen LogP contribution in [0.4, 0.5) is 0 Å². The molecule has 1 aromatic heterocycles. The molecule has 1 aromatic carbocycles. The summed E-state index contributed by atoms with van der Waals surface area (Å²) in [5.41, 5.74) is 0.604. The standard InChI is InChI=1S/C18H23N3O2/c22-14-18(11-15-5-2-1-3-6-15)13-21(10-7-16(18)23)12-17-19-8-4-9-20-17/h1-6,8-9,16,22-23H,7,10-14H2/t16-,18+/m1/s1. The summed E-state index contributed by atoms with van der Waals surface area (Å²) in [6, 6.07) is 11.9. The van der Waals surface area contributed by atoms with Gasteiger partial charge in [-0.1, -0.05) is 30.3 Å². The summed E-state index contributed by atoms with van der Waals surface area (Å²) in [6.07, 6.45) is 4.30. The lowest BCUT2D eigenvalue weighted by Gasteiger charge is -2.45. The monoisotopic (exact) mass is 313 g/mol. The number of aliphatic hydroxyl groups excluding tert-OH is 2. The van der Waals surface area contributed by atoms with Gasteiger partial charge in [0.1, 0.15) is 5.82 Å². The Hall–Kier alpha value is -1.82. The molecule has 1 saturated heterocycles. The Morgan fingerprint density at radius 3 is 2.57 bits per heavy atom. The Morgan fingerprint density at radius 2 is 1.87 bits per heavy atom. The molecule has 122 valence electrons. The number of hydrogen-bond donors (Lipinski definition) is 2. The van der Waals surface area contributed by atoms with Crippen LogP contribution in [-0.2, 0) is 13.0 Å². The van der Waals surface area contributed by atoms with Gasteiger partial charge < -0.3 is 10.2 Å². The predicted octanol–water partition coefficient (Wildman–Crippen LogP) is 1.26. The van der Waals surface area contributed by atoms with E-state index in [0.717, 1.165) is 17.9 Å². The largest absolute Gasteiger partial charge is 0.396 e. The second-order valence-electron chi connectivity index (χ2n) is 6.36. The summed E-state index contributed by atoms with van der Waals surface area (Å²) in [7, 11) is 0. The van der Waals surface area contributed by atoms with Crippen LogP contribution in [-0.4, -0.2) is 50.9 Å². The number of benzene rings is 1. The third kappa shape index (κ3) is 3.75.